The second-order valence-corrected chi connectivity index (χ2v) is 12.3. The highest BCUT2D eigenvalue weighted by Crippen LogP contribution is 2.22. The topological polar surface area (TPSA) is 111 Å². The fourth-order valence-corrected chi connectivity index (χ4v) is 4.76. The number of Topliss-reactive ketones (excluding diaryl/α,β-unsaturated/α-hetero) is 1. The Labute approximate surface area is 263 Å². The first kappa shape index (κ1) is 36.5. The quantitative estimate of drug-likeness (QED) is 0.0880. The maximum Gasteiger partial charge on any atom is 0.412 e. The molecule has 0 aliphatic heterocycles. The van der Waals surface area contributed by atoms with Crippen molar-refractivity contribution in [3.8, 4) is 0 Å². The highest BCUT2D eigenvalue weighted by molar-refractivity contribution is 6.01. The molecule has 2 aromatic carbocycles. The Hall–Kier alpha value is -3.68. The number of esters is 1. The van der Waals surface area contributed by atoms with Crippen LogP contribution >= 0.6 is 0 Å². The molecule has 8 heteroatoms. The summed E-state index contributed by atoms with van der Waals surface area (Å²) in [4.78, 5) is 50.3. The molecule has 0 aromatic heterocycles. The lowest BCUT2D eigenvalue weighted by Crippen LogP contribution is -2.27. The second kappa shape index (κ2) is 20.3. The third kappa shape index (κ3) is 16.2. The molecule has 0 saturated carbocycles. The van der Waals surface area contributed by atoms with Crippen molar-refractivity contribution in [2.24, 2.45) is 0 Å². The largest absolute Gasteiger partial charge is 0.454 e. The number of ether oxygens (including phenoxy) is 2. The van der Waals surface area contributed by atoms with Gasteiger partial charge in [0.25, 0.3) is 0 Å². The number of nitrogens with one attached hydrogen (secondary N) is 2. The Morgan fingerprint density at radius 3 is 1.73 bits per heavy atom. The highest BCUT2D eigenvalue weighted by atomic mass is 16.6. The normalized spacial score (nSPS) is 11.1. The highest BCUT2D eigenvalue weighted by Gasteiger charge is 2.19. The monoisotopic (exact) mass is 608 g/mol. The summed E-state index contributed by atoms with van der Waals surface area (Å²) in [6.45, 7) is 7.03. The second-order valence-electron chi connectivity index (χ2n) is 12.3. The molecule has 0 unspecified atom stereocenters. The molecule has 0 spiro atoms. The maximum absolute atomic E-state index is 12.9. The van der Waals surface area contributed by atoms with Gasteiger partial charge in [-0.15, -0.1) is 0 Å². The molecule has 0 atom stereocenters. The molecule has 0 bridgehead atoms. The number of hydrogen-bond donors (Lipinski definition) is 2. The van der Waals surface area contributed by atoms with Crippen molar-refractivity contribution in [1.29, 1.82) is 0 Å². The van der Waals surface area contributed by atoms with E-state index < -0.39 is 24.3 Å². The van der Waals surface area contributed by atoms with Crippen molar-refractivity contribution < 1.29 is 28.7 Å². The summed E-state index contributed by atoms with van der Waals surface area (Å²) < 4.78 is 10.6. The van der Waals surface area contributed by atoms with E-state index >= 15 is 0 Å². The third-order valence-corrected chi connectivity index (χ3v) is 7.04. The number of rotatable bonds is 20. The van der Waals surface area contributed by atoms with E-state index in [1.54, 1.807) is 57.2 Å². The molecule has 242 valence electrons. The van der Waals surface area contributed by atoms with E-state index in [1.807, 2.05) is 0 Å². The Balaban J connectivity index is 1.85. The molecular formula is C36H52N2O6. The zero-order valence-corrected chi connectivity index (χ0v) is 27.2. The van der Waals surface area contributed by atoms with Crippen molar-refractivity contribution >= 4 is 35.1 Å². The number of unbranched alkanes of at least 4 members (excludes halogenated alkanes) is 12. The van der Waals surface area contributed by atoms with E-state index in [0.717, 1.165) is 19.3 Å². The first-order valence-electron chi connectivity index (χ1n) is 16.3. The van der Waals surface area contributed by atoms with Crippen LogP contribution in [0.15, 0.2) is 48.5 Å². The molecular weight excluding hydrogens is 556 g/mol. The van der Waals surface area contributed by atoms with E-state index in [1.165, 1.54) is 76.3 Å². The van der Waals surface area contributed by atoms with Gasteiger partial charge in [0, 0.05) is 23.4 Å². The standard InChI is InChI=1S/C36H52N2O6/c1-5-6-7-8-9-10-11-12-13-14-15-16-20-23-33(40)37-30-24-29(25-31(26-30)38-35(42)44-36(2,3)4)34(41)43-27-32(39)28-21-18-17-19-22-28/h17-19,21-22,24-26H,5-16,20,23,27H2,1-4H3,(H,37,40)(H,38,42). The first-order chi connectivity index (χ1) is 21.1. The lowest BCUT2D eigenvalue weighted by Gasteiger charge is -2.20. The molecule has 44 heavy (non-hydrogen) atoms. The fourth-order valence-electron chi connectivity index (χ4n) is 4.76. The lowest BCUT2D eigenvalue weighted by atomic mass is 10.0. The van der Waals surface area contributed by atoms with Crippen molar-refractivity contribution in [2.75, 3.05) is 17.2 Å². The first-order valence-corrected chi connectivity index (χ1v) is 16.3. The molecule has 0 aliphatic rings. The SMILES string of the molecule is CCCCCCCCCCCCCCCC(=O)Nc1cc(NC(=O)OC(C)(C)C)cc(C(=O)OCC(=O)c2ccccc2)c1. The van der Waals surface area contributed by atoms with Gasteiger partial charge in [-0.25, -0.2) is 9.59 Å². The van der Waals surface area contributed by atoms with Crippen LogP contribution in [0.2, 0.25) is 0 Å². The van der Waals surface area contributed by atoms with Crippen molar-refractivity contribution in [3.05, 3.63) is 59.7 Å². The van der Waals surface area contributed by atoms with E-state index in [4.69, 9.17) is 9.47 Å². The average Bonchev–Trinajstić information content (AvgIpc) is 2.97. The van der Waals surface area contributed by atoms with E-state index in [2.05, 4.69) is 17.6 Å². The molecule has 0 radical (unpaired) electrons. The predicted molar refractivity (Wildman–Crippen MR) is 176 cm³/mol. The molecule has 2 rings (SSSR count). The number of carbonyl (C=O) groups is 4. The molecule has 0 heterocycles. The van der Waals surface area contributed by atoms with Crippen LogP contribution in [-0.2, 0) is 14.3 Å². The summed E-state index contributed by atoms with van der Waals surface area (Å²) in [6, 6.07) is 13.0. The van der Waals surface area contributed by atoms with Crippen LogP contribution < -0.4 is 10.6 Å². The molecule has 0 saturated heterocycles. The van der Waals surface area contributed by atoms with Gasteiger partial charge >= 0.3 is 12.1 Å². The summed E-state index contributed by atoms with van der Waals surface area (Å²) in [7, 11) is 0. The van der Waals surface area contributed by atoms with Gasteiger partial charge in [0.15, 0.2) is 12.4 Å². The Bertz CT molecular complexity index is 1170. The van der Waals surface area contributed by atoms with Crippen LogP contribution in [0.5, 0.6) is 0 Å². The van der Waals surface area contributed by atoms with Crippen LogP contribution in [0, 0.1) is 0 Å². The number of amides is 2. The third-order valence-electron chi connectivity index (χ3n) is 7.04. The van der Waals surface area contributed by atoms with Crippen LogP contribution in [0.25, 0.3) is 0 Å². The smallest absolute Gasteiger partial charge is 0.412 e. The van der Waals surface area contributed by atoms with Gasteiger partial charge in [-0.3, -0.25) is 14.9 Å². The van der Waals surface area contributed by atoms with Gasteiger partial charge < -0.3 is 14.8 Å². The van der Waals surface area contributed by atoms with Crippen LogP contribution in [0.3, 0.4) is 0 Å². The zero-order valence-electron chi connectivity index (χ0n) is 27.2. The summed E-state index contributed by atoms with van der Waals surface area (Å²) in [5.74, 6) is -1.27. The van der Waals surface area contributed by atoms with Gasteiger partial charge in [-0.2, -0.15) is 0 Å². The molecule has 2 aromatic rings. The van der Waals surface area contributed by atoms with Gasteiger partial charge in [0.2, 0.25) is 5.91 Å². The molecule has 2 amide bonds. The van der Waals surface area contributed by atoms with Crippen molar-refractivity contribution in [1.82, 2.24) is 0 Å². The molecule has 8 nitrogen and oxygen atoms in total. The van der Waals surface area contributed by atoms with Crippen molar-refractivity contribution in [2.45, 2.75) is 123 Å². The van der Waals surface area contributed by atoms with Crippen molar-refractivity contribution in [3.63, 3.8) is 0 Å². The lowest BCUT2D eigenvalue weighted by molar-refractivity contribution is -0.116. The Morgan fingerprint density at radius 2 is 1.18 bits per heavy atom. The molecule has 2 N–H and O–H groups in total. The Morgan fingerprint density at radius 1 is 0.659 bits per heavy atom. The fraction of sp³-hybridized carbons (Fsp3) is 0.556. The summed E-state index contributed by atoms with van der Waals surface area (Å²) in [5, 5.41) is 5.43. The maximum atomic E-state index is 12.9. The van der Waals surface area contributed by atoms with E-state index in [0.29, 0.717) is 17.7 Å². The minimum atomic E-state index is -0.755. The van der Waals surface area contributed by atoms with Gasteiger partial charge in [-0.05, 0) is 45.4 Å². The van der Waals surface area contributed by atoms with E-state index in [-0.39, 0.29) is 22.9 Å². The number of anilines is 2. The summed E-state index contributed by atoms with van der Waals surface area (Å²) in [6.07, 6.45) is 15.6. The van der Waals surface area contributed by atoms with Crippen LogP contribution in [0.1, 0.15) is 138 Å². The van der Waals surface area contributed by atoms with Gasteiger partial charge in [-0.1, -0.05) is 114 Å². The van der Waals surface area contributed by atoms with E-state index in [9.17, 15) is 19.2 Å². The summed E-state index contributed by atoms with van der Waals surface area (Å²) >= 11 is 0. The molecule has 0 aliphatic carbocycles. The molecule has 0 fully saturated rings. The predicted octanol–water partition coefficient (Wildman–Crippen LogP) is 9.49. The number of benzene rings is 2. The Kier molecular flexibility index (Phi) is 16.9. The van der Waals surface area contributed by atoms with Crippen LogP contribution in [-0.4, -0.2) is 36.0 Å². The zero-order chi connectivity index (χ0) is 32.2. The minimum Gasteiger partial charge on any atom is -0.454 e. The average molecular weight is 609 g/mol. The van der Waals surface area contributed by atoms with Gasteiger partial charge in [0.1, 0.15) is 5.60 Å². The number of hydrogen-bond acceptors (Lipinski definition) is 6. The number of carbonyl (C=O) groups excluding carboxylic acids is 4. The summed E-state index contributed by atoms with van der Waals surface area (Å²) in [5.41, 5.74) is 0.375. The van der Waals surface area contributed by atoms with Gasteiger partial charge in [0.05, 0.1) is 5.56 Å². The van der Waals surface area contributed by atoms with Crippen LogP contribution in [0.4, 0.5) is 16.2 Å². The number of ketones is 1. The minimum absolute atomic E-state index is 0.0793.